The molecule has 5 heteroatoms. The fourth-order valence-corrected chi connectivity index (χ4v) is 4.46. The van der Waals surface area contributed by atoms with E-state index in [2.05, 4.69) is 41.1 Å². The molecule has 0 saturated carbocycles. The maximum Gasteiger partial charge on any atom is 0.238 e. The smallest absolute Gasteiger partial charge is 0.238 e. The molecular formula is C16H25N3OS. The molecule has 1 atom stereocenters. The maximum atomic E-state index is 12.3. The summed E-state index contributed by atoms with van der Waals surface area (Å²) in [6.45, 7) is 8.27. The topological polar surface area (TPSA) is 35.6 Å². The van der Waals surface area contributed by atoms with Crippen LogP contribution in [-0.2, 0) is 4.79 Å². The zero-order valence-electron chi connectivity index (χ0n) is 13.0. The van der Waals surface area contributed by atoms with Gasteiger partial charge in [-0.05, 0) is 44.9 Å². The van der Waals surface area contributed by atoms with Gasteiger partial charge in [0.25, 0.3) is 0 Å². The first kappa shape index (κ1) is 15.0. The summed E-state index contributed by atoms with van der Waals surface area (Å²) in [5.41, 5.74) is 0. The van der Waals surface area contributed by atoms with Crippen LogP contribution in [0, 0.1) is 6.92 Å². The van der Waals surface area contributed by atoms with E-state index in [4.69, 9.17) is 0 Å². The SMILES string of the molecule is CCCN1CCC(N2C(=O)CNC2c2ccc(C)s2)CC1. The summed E-state index contributed by atoms with van der Waals surface area (Å²) < 4.78 is 0. The van der Waals surface area contributed by atoms with Crippen LogP contribution in [0.2, 0.25) is 0 Å². The highest BCUT2D eigenvalue weighted by atomic mass is 32.1. The molecular weight excluding hydrogens is 282 g/mol. The van der Waals surface area contributed by atoms with Gasteiger partial charge in [0.2, 0.25) is 5.91 Å². The zero-order chi connectivity index (χ0) is 14.8. The van der Waals surface area contributed by atoms with Gasteiger partial charge in [0.15, 0.2) is 0 Å². The van der Waals surface area contributed by atoms with Crippen molar-refractivity contribution in [2.75, 3.05) is 26.2 Å². The Labute approximate surface area is 131 Å². The second-order valence-corrected chi connectivity index (χ2v) is 7.43. The van der Waals surface area contributed by atoms with E-state index >= 15 is 0 Å². The first-order valence-corrected chi connectivity index (χ1v) is 8.84. The quantitative estimate of drug-likeness (QED) is 0.927. The van der Waals surface area contributed by atoms with Crippen molar-refractivity contribution in [3.63, 3.8) is 0 Å². The zero-order valence-corrected chi connectivity index (χ0v) is 13.8. The molecule has 116 valence electrons. The molecule has 0 bridgehead atoms. The number of hydrogen-bond donors (Lipinski definition) is 1. The summed E-state index contributed by atoms with van der Waals surface area (Å²) in [5.74, 6) is 0.264. The van der Waals surface area contributed by atoms with Crippen LogP contribution in [0.5, 0.6) is 0 Å². The lowest BCUT2D eigenvalue weighted by atomic mass is 10.0. The highest BCUT2D eigenvalue weighted by Gasteiger charge is 2.38. The van der Waals surface area contributed by atoms with Crippen molar-refractivity contribution in [2.45, 2.75) is 45.3 Å². The summed E-state index contributed by atoms with van der Waals surface area (Å²) in [6.07, 6.45) is 3.52. The number of nitrogens with zero attached hydrogens (tertiary/aromatic N) is 2. The molecule has 2 aliphatic rings. The van der Waals surface area contributed by atoms with Crippen LogP contribution in [0.15, 0.2) is 12.1 Å². The molecule has 3 heterocycles. The molecule has 1 unspecified atom stereocenters. The summed E-state index contributed by atoms with van der Waals surface area (Å²) in [7, 11) is 0. The molecule has 2 fully saturated rings. The number of hydrogen-bond acceptors (Lipinski definition) is 4. The van der Waals surface area contributed by atoms with E-state index in [0.717, 1.165) is 25.9 Å². The molecule has 21 heavy (non-hydrogen) atoms. The van der Waals surface area contributed by atoms with E-state index in [1.807, 2.05) is 0 Å². The van der Waals surface area contributed by atoms with Gasteiger partial charge in [-0.1, -0.05) is 6.92 Å². The lowest BCUT2D eigenvalue weighted by Crippen LogP contribution is -2.47. The van der Waals surface area contributed by atoms with E-state index in [1.54, 1.807) is 11.3 Å². The van der Waals surface area contributed by atoms with Gasteiger partial charge >= 0.3 is 0 Å². The number of likely N-dealkylation sites (tertiary alicyclic amines) is 1. The lowest BCUT2D eigenvalue weighted by molar-refractivity contribution is -0.131. The fraction of sp³-hybridized carbons (Fsp3) is 0.688. The van der Waals surface area contributed by atoms with Gasteiger partial charge in [-0.3, -0.25) is 10.1 Å². The van der Waals surface area contributed by atoms with Gasteiger partial charge in [-0.25, -0.2) is 0 Å². The van der Waals surface area contributed by atoms with Crippen molar-refractivity contribution < 1.29 is 4.79 Å². The molecule has 2 aliphatic heterocycles. The molecule has 0 radical (unpaired) electrons. The standard InChI is InChI=1S/C16H25N3OS/c1-3-8-18-9-6-13(7-10-18)19-15(20)11-17-16(19)14-5-4-12(2)21-14/h4-5,13,16-17H,3,6-11H2,1-2H3. The van der Waals surface area contributed by atoms with Crippen LogP contribution in [0.4, 0.5) is 0 Å². The molecule has 1 aromatic rings. The summed E-state index contributed by atoms with van der Waals surface area (Å²) in [6, 6.07) is 4.70. The van der Waals surface area contributed by atoms with Gasteiger partial charge in [0.05, 0.1) is 6.54 Å². The third kappa shape index (κ3) is 3.15. The molecule has 3 rings (SSSR count). The van der Waals surface area contributed by atoms with Crippen LogP contribution in [0.1, 0.15) is 42.1 Å². The van der Waals surface area contributed by atoms with Crippen LogP contribution >= 0.6 is 11.3 Å². The van der Waals surface area contributed by atoms with Crippen molar-refractivity contribution in [2.24, 2.45) is 0 Å². The number of carbonyl (C=O) groups excluding carboxylic acids is 1. The number of aryl methyl sites for hydroxylation is 1. The van der Waals surface area contributed by atoms with Gasteiger partial charge in [0.1, 0.15) is 6.17 Å². The Morgan fingerprint density at radius 1 is 1.33 bits per heavy atom. The molecule has 0 aromatic carbocycles. The summed E-state index contributed by atoms with van der Waals surface area (Å²) >= 11 is 1.80. The number of carbonyl (C=O) groups is 1. The molecule has 2 saturated heterocycles. The Hall–Kier alpha value is -0.910. The second kappa shape index (κ2) is 6.46. The Balaban J connectivity index is 1.69. The first-order chi connectivity index (χ1) is 10.2. The Morgan fingerprint density at radius 3 is 2.71 bits per heavy atom. The predicted octanol–water partition coefficient (Wildman–Crippen LogP) is 2.36. The minimum absolute atomic E-state index is 0.0962. The van der Waals surface area contributed by atoms with E-state index < -0.39 is 0 Å². The minimum Gasteiger partial charge on any atom is -0.318 e. The number of rotatable bonds is 4. The molecule has 0 spiro atoms. The molecule has 1 N–H and O–H groups in total. The molecule has 0 aliphatic carbocycles. The first-order valence-electron chi connectivity index (χ1n) is 8.02. The highest BCUT2D eigenvalue weighted by Crippen LogP contribution is 2.32. The van der Waals surface area contributed by atoms with Gasteiger partial charge in [-0.15, -0.1) is 11.3 Å². The second-order valence-electron chi connectivity index (χ2n) is 6.11. The Kier molecular flexibility index (Phi) is 4.62. The van der Waals surface area contributed by atoms with Crippen LogP contribution in [0.25, 0.3) is 0 Å². The molecule has 1 amide bonds. The van der Waals surface area contributed by atoms with E-state index in [0.29, 0.717) is 12.6 Å². The molecule has 4 nitrogen and oxygen atoms in total. The fourth-order valence-electron chi connectivity index (χ4n) is 3.51. The Bertz CT molecular complexity index is 493. The van der Waals surface area contributed by atoms with Crippen molar-refractivity contribution in [3.05, 3.63) is 21.9 Å². The average Bonchev–Trinajstić information content (AvgIpc) is 3.06. The maximum absolute atomic E-state index is 12.3. The van der Waals surface area contributed by atoms with E-state index in [-0.39, 0.29) is 12.1 Å². The minimum atomic E-state index is 0.0962. The molecule has 1 aromatic heterocycles. The van der Waals surface area contributed by atoms with Crippen LogP contribution < -0.4 is 5.32 Å². The van der Waals surface area contributed by atoms with Gasteiger partial charge in [-0.2, -0.15) is 0 Å². The average molecular weight is 307 g/mol. The van der Waals surface area contributed by atoms with E-state index in [9.17, 15) is 4.79 Å². The normalized spacial score (nSPS) is 25.0. The van der Waals surface area contributed by atoms with Crippen molar-refractivity contribution in [1.29, 1.82) is 0 Å². The summed E-state index contributed by atoms with van der Waals surface area (Å²) in [4.78, 5) is 19.5. The monoisotopic (exact) mass is 307 g/mol. The largest absolute Gasteiger partial charge is 0.318 e. The third-order valence-electron chi connectivity index (χ3n) is 4.53. The van der Waals surface area contributed by atoms with Gasteiger partial charge in [0, 0.05) is 28.9 Å². The third-order valence-corrected chi connectivity index (χ3v) is 5.59. The van der Waals surface area contributed by atoms with Crippen LogP contribution in [0.3, 0.4) is 0 Å². The van der Waals surface area contributed by atoms with Crippen molar-refractivity contribution >= 4 is 17.2 Å². The lowest BCUT2D eigenvalue weighted by Gasteiger charge is -2.38. The number of amides is 1. The summed E-state index contributed by atoms with van der Waals surface area (Å²) in [5, 5.41) is 3.39. The van der Waals surface area contributed by atoms with E-state index in [1.165, 1.54) is 22.7 Å². The Morgan fingerprint density at radius 2 is 2.10 bits per heavy atom. The number of piperidine rings is 1. The number of nitrogens with one attached hydrogen (secondary N) is 1. The van der Waals surface area contributed by atoms with Crippen molar-refractivity contribution in [3.8, 4) is 0 Å². The number of thiophene rings is 1. The predicted molar refractivity (Wildman–Crippen MR) is 86.4 cm³/mol. The highest BCUT2D eigenvalue weighted by molar-refractivity contribution is 7.12. The van der Waals surface area contributed by atoms with Crippen LogP contribution in [-0.4, -0.2) is 47.9 Å². The van der Waals surface area contributed by atoms with Crippen molar-refractivity contribution in [1.82, 2.24) is 15.1 Å². The van der Waals surface area contributed by atoms with Gasteiger partial charge < -0.3 is 9.80 Å².